The molecule has 4 heteroatoms. The van der Waals surface area contributed by atoms with Crippen LogP contribution in [0.1, 0.15) is 45.2 Å². The Morgan fingerprint density at radius 2 is 2.29 bits per heavy atom. The van der Waals surface area contributed by atoms with Gasteiger partial charge in [0.2, 0.25) is 5.91 Å². The summed E-state index contributed by atoms with van der Waals surface area (Å²) in [6.45, 7) is 9.44. The summed E-state index contributed by atoms with van der Waals surface area (Å²) in [5, 5.41) is 6.57. The minimum Gasteiger partial charge on any atom is -0.326 e. The molecule has 1 heterocycles. The van der Waals surface area contributed by atoms with E-state index in [4.69, 9.17) is 0 Å². The molecule has 0 radical (unpaired) electrons. The summed E-state index contributed by atoms with van der Waals surface area (Å²) < 4.78 is 0. The highest BCUT2D eigenvalue weighted by molar-refractivity contribution is 5.88. The van der Waals surface area contributed by atoms with Gasteiger partial charge in [-0.2, -0.15) is 0 Å². The van der Waals surface area contributed by atoms with Crippen molar-refractivity contribution in [1.82, 2.24) is 10.2 Å². The average molecular weight is 289 g/mol. The Kier molecular flexibility index (Phi) is 5.76. The Morgan fingerprint density at radius 1 is 1.48 bits per heavy atom. The predicted molar refractivity (Wildman–Crippen MR) is 87.4 cm³/mol. The van der Waals surface area contributed by atoms with Crippen LogP contribution in [-0.4, -0.2) is 36.5 Å². The first-order valence-corrected chi connectivity index (χ1v) is 7.94. The van der Waals surface area contributed by atoms with E-state index in [1.165, 1.54) is 31.9 Å². The first kappa shape index (κ1) is 16.0. The molecule has 21 heavy (non-hydrogen) atoms. The van der Waals surface area contributed by atoms with Crippen molar-refractivity contribution in [3.8, 4) is 0 Å². The van der Waals surface area contributed by atoms with E-state index in [0.717, 1.165) is 18.8 Å². The fraction of sp³-hybridized carbons (Fsp3) is 0.588. The molecular weight excluding hydrogens is 262 g/mol. The molecule has 2 atom stereocenters. The molecule has 2 N–H and O–H groups in total. The van der Waals surface area contributed by atoms with Crippen molar-refractivity contribution < 1.29 is 4.79 Å². The zero-order valence-corrected chi connectivity index (χ0v) is 13.4. The van der Waals surface area contributed by atoms with Gasteiger partial charge in [-0.05, 0) is 50.6 Å². The Balaban J connectivity index is 1.96. The molecule has 1 aromatic rings. The molecule has 1 aliphatic rings. The van der Waals surface area contributed by atoms with Crippen molar-refractivity contribution in [2.75, 3.05) is 25.0 Å². The highest BCUT2D eigenvalue weighted by Crippen LogP contribution is 2.20. The van der Waals surface area contributed by atoms with E-state index in [1.807, 2.05) is 12.1 Å². The number of carbonyl (C=O) groups is 1. The summed E-state index contributed by atoms with van der Waals surface area (Å²) in [4.78, 5) is 13.6. The lowest BCUT2D eigenvalue weighted by atomic mass is 10.0. The maximum absolute atomic E-state index is 11.1. The number of rotatable bonds is 5. The van der Waals surface area contributed by atoms with Crippen molar-refractivity contribution in [2.45, 2.75) is 45.7 Å². The van der Waals surface area contributed by atoms with Gasteiger partial charge in [-0.25, -0.2) is 0 Å². The molecule has 1 amide bonds. The summed E-state index contributed by atoms with van der Waals surface area (Å²) in [7, 11) is 0. The monoisotopic (exact) mass is 289 g/mol. The third-order valence-corrected chi connectivity index (χ3v) is 4.15. The molecule has 0 saturated carbocycles. The lowest BCUT2D eigenvalue weighted by Gasteiger charge is -2.34. The molecule has 4 nitrogen and oxygen atoms in total. The maximum Gasteiger partial charge on any atom is 0.221 e. The quantitative estimate of drug-likeness (QED) is 0.876. The van der Waals surface area contributed by atoms with Crippen LogP contribution in [0.5, 0.6) is 0 Å². The summed E-state index contributed by atoms with van der Waals surface area (Å²) >= 11 is 0. The number of nitrogens with zero attached hydrogens (tertiary/aromatic N) is 1. The highest BCUT2D eigenvalue weighted by Gasteiger charge is 2.20. The third kappa shape index (κ3) is 4.83. The van der Waals surface area contributed by atoms with Crippen LogP contribution in [0.4, 0.5) is 5.69 Å². The number of benzene rings is 1. The fourth-order valence-corrected chi connectivity index (χ4v) is 3.02. The second-order valence-corrected chi connectivity index (χ2v) is 5.93. The van der Waals surface area contributed by atoms with Crippen LogP contribution in [0.3, 0.4) is 0 Å². The van der Waals surface area contributed by atoms with Gasteiger partial charge in [-0.1, -0.05) is 19.1 Å². The molecule has 1 aliphatic heterocycles. The van der Waals surface area contributed by atoms with Gasteiger partial charge in [0.25, 0.3) is 0 Å². The van der Waals surface area contributed by atoms with Crippen molar-refractivity contribution in [1.29, 1.82) is 0 Å². The summed E-state index contributed by atoms with van der Waals surface area (Å²) in [5.41, 5.74) is 2.09. The molecule has 1 saturated heterocycles. The fourth-order valence-electron chi connectivity index (χ4n) is 3.02. The van der Waals surface area contributed by atoms with Gasteiger partial charge in [0.15, 0.2) is 0 Å². The van der Waals surface area contributed by atoms with E-state index in [9.17, 15) is 4.79 Å². The first-order valence-electron chi connectivity index (χ1n) is 7.94. The largest absolute Gasteiger partial charge is 0.326 e. The van der Waals surface area contributed by atoms with E-state index in [2.05, 4.69) is 41.5 Å². The number of likely N-dealkylation sites (tertiary alicyclic amines) is 1. The zero-order valence-electron chi connectivity index (χ0n) is 13.4. The smallest absolute Gasteiger partial charge is 0.221 e. The molecule has 0 aromatic heterocycles. The van der Waals surface area contributed by atoms with Crippen LogP contribution in [0, 0.1) is 0 Å². The van der Waals surface area contributed by atoms with Gasteiger partial charge in [-0.3, -0.25) is 4.79 Å². The molecule has 1 fully saturated rings. The van der Waals surface area contributed by atoms with E-state index < -0.39 is 0 Å². The number of amides is 1. The zero-order chi connectivity index (χ0) is 15.2. The minimum atomic E-state index is -0.0290. The second-order valence-electron chi connectivity index (χ2n) is 5.93. The van der Waals surface area contributed by atoms with Crippen LogP contribution < -0.4 is 10.6 Å². The van der Waals surface area contributed by atoms with Crippen LogP contribution in [0.2, 0.25) is 0 Å². The predicted octanol–water partition coefficient (Wildman–Crippen LogP) is 2.78. The topological polar surface area (TPSA) is 44.4 Å². The van der Waals surface area contributed by atoms with E-state index in [1.54, 1.807) is 0 Å². The van der Waals surface area contributed by atoms with E-state index in [-0.39, 0.29) is 5.91 Å². The Labute approximate surface area is 127 Å². The molecular formula is C17H27N3O. The Bertz CT molecular complexity index is 475. The number of anilines is 1. The molecule has 0 bridgehead atoms. The normalized spacial score (nSPS) is 21.0. The van der Waals surface area contributed by atoms with Gasteiger partial charge in [0.1, 0.15) is 0 Å². The van der Waals surface area contributed by atoms with Gasteiger partial charge >= 0.3 is 0 Å². The molecule has 0 aliphatic carbocycles. The molecule has 2 rings (SSSR count). The van der Waals surface area contributed by atoms with Crippen molar-refractivity contribution in [2.24, 2.45) is 0 Å². The van der Waals surface area contributed by atoms with Gasteiger partial charge in [0.05, 0.1) is 0 Å². The molecule has 116 valence electrons. The number of carbonyl (C=O) groups excluding carboxylic acids is 1. The first-order chi connectivity index (χ1) is 10.1. The number of hydrogen-bond acceptors (Lipinski definition) is 3. The molecule has 1 aromatic carbocycles. The maximum atomic E-state index is 11.1. The van der Waals surface area contributed by atoms with Crippen molar-refractivity contribution in [3.63, 3.8) is 0 Å². The van der Waals surface area contributed by atoms with Crippen LogP contribution in [-0.2, 0) is 4.79 Å². The van der Waals surface area contributed by atoms with Crippen molar-refractivity contribution in [3.05, 3.63) is 29.8 Å². The highest BCUT2D eigenvalue weighted by atomic mass is 16.1. The number of piperidine rings is 1. The van der Waals surface area contributed by atoms with Gasteiger partial charge < -0.3 is 15.5 Å². The second kappa shape index (κ2) is 7.57. The third-order valence-electron chi connectivity index (χ3n) is 4.15. The number of likely N-dealkylation sites (N-methyl/N-ethyl adjacent to an activating group) is 1. The SMILES string of the molecule is CCN1CCCC(NC(C)c2cccc(NC(C)=O)c2)C1. The van der Waals surface area contributed by atoms with Crippen LogP contribution >= 0.6 is 0 Å². The minimum absolute atomic E-state index is 0.0290. The average Bonchev–Trinajstić information content (AvgIpc) is 2.47. The van der Waals surface area contributed by atoms with Crippen LogP contribution in [0.15, 0.2) is 24.3 Å². The molecule has 0 spiro atoms. The standard InChI is InChI=1S/C17H27N3O/c1-4-20-10-6-9-17(12-20)18-13(2)15-7-5-8-16(11-15)19-14(3)21/h5,7-8,11,13,17-18H,4,6,9-10,12H2,1-3H3,(H,19,21). The summed E-state index contributed by atoms with van der Waals surface area (Å²) in [6, 6.07) is 8.94. The Morgan fingerprint density at radius 3 is 3.00 bits per heavy atom. The van der Waals surface area contributed by atoms with Gasteiger partial charge in [0, 0.05) is 31.2 Å². The summed E-state index contributed by atoms with van der Waals surface area (Å²) in [5.74, 6) is -0.0290. The summed E-state index contributed by atoms with van der Waals surface area (Å²) in [6.07, 6.45) is 2.51. The lowest BCUT2D eigenvalue weighted by molar-refractivity contribution is -0.114. The molecule has 2 unspecified atom stereocenters. The Hall–Kier alpha value is -1.39. The van der Waals surface area contributed by atoms with E-state index >= 15 is 0 Å². The van der Waals surface area contributed by atoms with Crippen LogP contribution in [0.25, 0.3) is 0 Å². The van der Waals surface area contributed by atoms with Gasteiger partial charge in [-0.15, -0.1) is 0 Å². The number of hydrogen-bond donors (Lipinski definition) is 2. The van der Waals surface area contributed by atoms with Crippen molar-refractivity contribution >= 4 is 11.6 Å². The lowest BCUT2D eigenvalue weighted by Crippen LogP contribution is -2.46. The van der Waals surface area contributed by atoms with E-state index in [0.29, 0.717) is 12.1 Å². The number of nitrogens with one attached hydrogen (secondary N) is 2.